The Labute approximate surface area is 202 Å². The lowest BCUT2D eigenvalue weighted by Gasteiger charge is -2.21. The van der Waals surface area contributed by atoms with Gasteiger partial charge in [-0.1, -0.05) is 17.4 Å². The molecule has 3 aromatic heterocycles. The summed E-state index contributed by atoms with van der Waals surface area (Å²) >= 11 is 1.40. The molecule has 1 fully saturated rings. The van der Waals surface area contributed by atoms with Gasteiger partial charge in [0.05, 0.1) is 5.69 Å². The summed E-state index contributed by atoms with van der Waals surface area (Å²) in [5.41, 5.74) is 19.3. The van der Waals surface area contributed by atoms with Crippen LogP contribution in [0.15, 0.2) is 30.5 Å². The van der Waals surface area contributed by atoms with E-state index in [4.69, 9.17) is 16.2 Å². The number of thiazole rings is 1. The summed E-state index contributed by atoms with van der Waals surface area (Å²) in [6.07, 6.45) is 5.52. The van der Waals surface area contributed by atoms with Gasteiger partial charge in [-0.3, -0.25) is 4.90 Å². The van der Waals surface area contributed by atoms with E-state index < -0.39 is 0 Å². The molecule has 4 N–H and O–H groups in total. The highest BCUT2D eigenvalue weighted by Gasteiger charge is 2.26. The SMILES string of the molecule is Cc1nc(N)nc(CN2CCOc3ccc(-c4cnc5sc(N)nc5c4)cc3C2)c1CC1CC1. The van der Waals surface area contributed by atoms with E-state index >= 15 is 0 Å². The number of ether oxygens (including phenoxy) is 1. The first-order valence-electron chi connectivity index (χ1n) is 11.6. The van der Waals surface area contributed by atoms with Crippen LogP contribution >= 0.6 is 11.3 Å². The Morgan fingerprint density at radius 1 is 1.12 bits per heavy atom. The minimum atomic E-state index is 0.353. The number of nitrogen functional groups attached to an aromatic ring is 2. The quantitative estimate of drug-likeness (QED) is 0.447. The maximum Gasteiger partial charge on any atom is 0.220 e. The van der Waals surface area contributed by atoms with E-state index in [1.165, 1.54) is 29.7 Å². The highest BCUT2D eigenvalue weighted by molar-refractivity contribution is 7.21. The lowest BCUT2D eigenvalue weighted by molar-refractivity contribution is 0.217. The molecule has 0 saturated heterocycles. The second kappa shape index (κ2) is 8.48. The van der Waals surface area contributed by atoms with Crippen molar-refractivity contribution in [2.45, 2.75) is 39.3 Å². The number of aromatic nitrogens is 4. The van der Waals surface area contributed by atoms with Crippen LogP contribution in [0.25, 0.3) is 21.5 Å². The van der Waals surface area contributed by atoms with Crippen LogP contribution in [0.1, 0.15) is 35.4 Å². The summed E-state index contributed by atoms with van der Waals surface area (Å²) in [5.74, 6) is 2.04. The van der Waals surface area contributed by atoms with Crippen molar-refractivity contribution in [1.29, 1.82) is 0 Å². The third kappa shape index (κ3) is 4.28. The van der Waals surface area contributed by atoms with E-state index in [1.807, 2.05) is 19.2 Å². The third-order valence-corrected chi connectivity index (χ3v) is 7.41. The van der Waals surface area contributed by atoms with Crippen molar-refractivity contribution in [2.75, 3.05) is 24.6 Å². The molecule has 1 saturated carbocycles. The molecule has 1 aliphatic heterocycles. The Bertz CT molecular complexity index is 1380. The molecule has 4 heterocycles. The Balaban J connectivity index is 1.28. The Morgan fingerprint density at radius 2 is 2.00 bits per heavy atom. The Hall–Kier alpha value is -3.30. The minimum Gasteiger partial charge on any atom is -0.492 e. The van der Waals surface area contributed by atoms with E-state index in [0.717, 1.165) is 76.1 Å². The largest absolute Gasteiger partial charge is 0.492 e. The van der Waals surface area contributed by atoms with Crippen molar-refractivity contribution in [3.63, 3.8) is 0 Å². The van der Waals surface area contributed by atoms with Crippen molar-refractivity contribution in [3.05, 3.63) is 53.0 Å². The summed E-state index contributed by atoms with van der Waals surface area (Å²) in [7, 11) is 0. The van der Waals surface area contributed by atoms with Crippen LogP contribution in [0.2, 0.25) is 0 Å². The number of anilines is 2. The van der Waals surface area contributed by atoms with Gasteiger partial charge in [0, 0.05) is 42.7 Å². The lowest BCUT2D eigenvalue weighted by Crippen LogP contribution is -2.27. The number of nitrogens with two attached hydrogens (primary N) is 2. The summed E-state index contributed by atoms with van der Waals surface area (Å²) in [4.78, 5) is 21.3. The van der Waals surface area contributed by atoms with E-state index in [9.17, 15) is 0 Å². The molecule has 0 atom stereocenters. The molecule has 0 radical (unpaired) electrons. The smallest absolute Gasteiger partial charge is 0.220 e. The maximum atomic E-state index is 6.09. The van der Waals surface area contributed by atoms with E-state index in [-0.39, 0.29) is 0 Å². The van der Waals surface area contributed by atoms with Gasteiger partial charge in [-0.2, -0.15) is 0 Å². The van der Waals surface area contributed by atoms with Crippen LogP contribution in [0.4, 0.5) is 11.1 Å². The van der Waals surface area contributed by atoms with E-state index in [0.29, 0.717) is 17.7 Å². The predicted molar refractivity (Wildman–Crippen MR) is 134 cm³/mol. The molecule has 0 unspecified atom stereocenters. The van der Waals surface area contributed by atoms with Gasteiger partial charge in [0.15, 0.2) is 5.13 Å². The summed E-state index contributed by atoms with van der Waals surface area (Å²) in [6, 6.07) is 8.37. The first-order chi connectivity index (χ1) is 16.5. The molecule has 9 heteroatoms. The van der Waals surface area contributed by atoms with Gasteiger partial charge >= 0.3 is 0 Å². The normalized spacial score (nSPS) is 16.3. The molecule has 0 amide bonds. The van der Waals surface area contributed by atoms with Crippen molar-refractivity contribution in [2.24, 2.45) is 5.92 Å². The van der Waals surface area contributed by atoms with Crippen molar-refractivity contribution < 1.29 is 4.74 Å². The number of pyridine rings is 1. The van der Waals surface area contributed by atoms with Gasteiger partial charge in [0.25, 0.3) is 0 Å². The minimum absolute atomic E-state index is 0.353. The van der Waals surface area contributed by atoms with Crippen LogP contribution in [-0.4, -0.2) is 38.0 Å². The van der Waals surface area contributed by atoms with Crippen LogP contribution < -0.4 is 16.2 Å². The van der Waals surface area contributed by atoms with Crippen molar-refractivity contribution >= 4 is 32.8 Å². The number of hydrogen-bond acceptors (Lipinski definition) is 9. The fourth-order valence-electron chi connectivity index (χ4n) is 4.66. The number of hydrogen-bond donors (Lipinski definition) is 2. The summed E-state index contributed by atoms with van der Waals surface area (Å²) in [6.45, 7) is 5.01. The van der Waals surface area contributed by atoms with Crippen molar-refractivity contribution in [1.82, 2.24) is 24.8 Å². The monoisotopic (exact) mass is 473 g/mol. The topological polar surface area (TPSA) is 116 Å². The van der Waals surface area contributed by atoms with Gasteiger partial charge < -0.3 is 16.2 Å². The van der Waals surface area contributed by atoms with Gasteiger partial charge in [-0.15, -0.1) is 0 Å². The van der Waals surface area contributed by atoms with E-state index in [1.54, 1.807) is 0 Å². The molecule has 1 aliphatic carbocycles. The zero-order valence-electron chi connectivity index (χ0n) is 19.1. The molecule has 2 aliphatic rings. The summed E-state index contributed by atoms with van der Waals surface area (Å²) < 4.78 is 6.09. The Morgan fingerprint density at radius 3 is 2.85 bits per heavy atom. The van der Waals surface area contributed by atoms with Crippen LogP contribution in [-0.2, 0) is 19.5 Å². The average molecular weight is 474 g/mol. The zero-order valence-corrected chi connectivity index (χ0v) is 19.9. The molecule has 0 spiro atoms. The van der Waals surface area contributed by atoms with Crippen molar-refractivity contribution in [3.8, 4) is 16.9 Å². The highest BCUT2D eigenvalue weighted by atomic mass is 32.1. The third-order valence-electron chi connectivity index (χ3n) is 6.60. The first kappa shape index (κ1) is 21.2. The van der Waals surface area contributed by atoms with Gasteiger partial charge in [0.1, 0.15) is 22.7 Å². The molecule has 34 heavy (non-hydrogen) atoms. The second-order valence-corrected chi connectivity index (χ2v) is 10.2. The summed E-state index contributed by atoms with van der Waals surface area (Å²) in [5, 5.41) is 0.535. The van der Waals surface area contributed by atoms with Gasteiger partial charge in [0.2, 0.25) is 5.95 Å². The van der Waals surface area contributed by atoms with Crippen LogP contribution in [0.5, 0.6) is 5.75 Å². The molecule has 1 aromatic carbocycles. The fourth-order valence-corrected chi connectivity index (χ4v) is 5.32. The molecule has 174 valence electrons. The molecule has 4 aromatic rings. The number of fused-ring (bicyclic) bond motifs is 2. The molecular weight excluding hydrogens is 446 g/mol. The standard InChI is InChI=1S/C25H27N7OS/c1-14-19(8-15-2-3-15)21(30-24(26)29-14)13-32-6-7-33-22-5-4-16(9-18(22)12-32)17-10-20-23(28-11-17)34-25(27)31-20/h4-5,9-11,15H,2-3,6-8,12-13H2,1H3,(H2,27,31)(H2,26,29,30). The molecule has 0 bridgehead atoms. The van der Waals surface area contributed by atoms with Crippen LogP contribution in [0.3, 0.4) is 0 Å². The zero-order chi connectivity index (χ0) is 23.2. The number of benzene rings is 1. The fraction of sp³-hybridized carbons (Fsp3) is 0.360. The highest BCUT2D eigenvalue weighted by Crippen LogP contribution is 2.35. The molecule has 8 nitrogen and oxygen atoms in total. The maximum absolute atomic E-state index is 6.09. The van der Waals surface area contributed by atoms with Gasteiger partial charge in [-0.25, -0.2) is 19.9 Å². The average Bonchev–Trinajstić information content (AvgIpc) is 3.57. The van der Waals surface area contributed by atoms with Crippen LogP contribution in [0, 0.1) is 12.8 Å². The first-order valence-corrected chi connectivity index (χ1v) is 12.5. The number of nitrogens with zero attached hydrogens (tertiary/aromatic N) is 5. The molecular formula is C25H27N7OS. The van der Waals surface area contributed by atoms with E-state index in [2.05, 4.69) is 43.0 Å². The number of aryl methyl sites for hydroxylation is 1. The molecule has 6 rings (SSSR count). The van der Waals surface area contributed by atoms with Gasteiger partial charge in [-0.05, 0) is 61.4 Å². The second-order valence-electron chi connectivity index (χ2n) is 9.22. The lowest BCUT2D eigenvalue weighted by atomic mass is 10.0. The number of rotatable bonds is 5. The Kier molecular flexibility index (Phi) is 5.30. The predicted octanol–water partition coefficient (Wildman–Crippen LogP) is 3.97.